The van der Waals surface area contributed by atoms with E-state index in [0.717, 1.165) is 16.6 Å². The number of ether oxygens (including phenoxy) is 1. The summed E-state index contributed by atoms with van der Waals surface area (Å²) in [6, 6.07) is 13.3. The number of rotatable bonds is 3. The normalized spacial score (nSPS) is 17.2. The average Bonchev–Trinajstić information content (AvgIpc) is 3.18. The average molecular weight is 364 g/mol. The van der Waals surface area contributed by atoms with Gasteiger partial charge in [-0.15, -0.1) is 0 Å². The summed E-state index contributed by atoms with van der Waals surface area (Å²) in [6.45, 7) is 0. The molecule has 0 atom stereocenters. The molecular weight excluding hydrogens is 348 g/mol. The van der Waals surface area contributed by atoms with Gasteiger partial charge < -0.3 is 14.6 Å². The highest BCUT2D eigenvalue weighted by atomic mass is 32.2. The van der Waals surface area contributed by atoms with Gasteiger partial charge in [-0.1, -0.05) is 18.2 Å². The smallest absolute Gasteiger partial charge is 0.264 e. The fraction of sp³-hybridized carbons (Fsp3) is 0.105. The van der Waals surface area contributed by atoms with Gasteiger partial charge in [0.25, 0.3) is 5.91 Å². The van der Waals surface area contributed by atoms with Crippen molar-refractivity contribution in [3.63, 3.8) is 0 Å². The van der Waals surface area contributed by atoms with Crippen LogP contribution in [0.4, 0.5) is 5.69 Å². The number of amides is 1. The van der Waals surface area contributed by atoms with Crippen LogP contribution in [-0.4, -0.2) is 27.7 Å². The van der Waals surface area contributed by atoms with Gasteiger partial charge in [0.2, 0.25) is 0 Å². The topological polar surface area (TPSA) is 68.5 Å². The quantitative estimate of drug-likeness (QED) is 0.723. The Morgan fingerprint density at radius 3 is 2.96 bits per heavy atom. The van der Waals surface area contributed by atoms with Crippen molar-refractivity contribution < 1.29 is 9.53 Å². The van der Waals surface area contributed by atoms with Crippen LogP contribution in [0.25, 0.3) is 17.1 Å². The van der Waals surface area contributed by atoms with E-state index in [9.17, 15) is 4.79 Å². The zero-order chi connectivity index (χ0) is 18.1. The molecule has 0 radical (unpaired) electrons. The van der Waals surface area contributed by atoms with Crippen LogP contribution in [0, 0.1) is 0 Å². The Morgan fingerprint density at radius 2 is 2.12 bits per heavy atom. The first kappa shape index (κ1) is 16.4. The number of carbonyl (C=O) groups is 1. The van der Waals surface area contributed by atoms with Crippen molar-refractivity contribution in [3.8, 4) is 5.75 Å². The molecule has 4 rings (SSSR count). The highest BCUT2D eigenvalue weighted by Crippen LogP contribution is 2.32. The van der Waals surface area contributed by atoms with E-state index >= 15 is 0 Å². The van der Waals surface area contributed by atoms with Gasteiger partial charge in [-0.25, -0.2) is 9.98 Å². The number of nitrogens with zero attached hydrogens (tertiary/aromatic N) is 3. The molecule has 0 spiro atoms. The lowest BCUT2D eigenvalue weighted by Gasteiger charge is -2.03. The minimum absolute atomic E-state index is 0.159. The number of nitrogens with one attached hydrogen (secondary N) is 1. The Morgan fingerprint density at radius 1 is 1.27 bits per heavy atom. The van der Waals surface area contributed by atoms with Crippen LogP contribution in [0.15, 0.2) is 58.7 Å². The number of hydrogen-bond acceptors (Lipinski definition) is 5. The Labute approximate surface area is 154 Å². The van der Waals surface area contributed by atoms with E-state index in [1.807, 2.05) is 60.2 Å². The monoisotopic (exact) mass is 364 g/mol. The van der Waals surface area contributed by atoms with Gasteiger partial charge in [0.05, 0.1) is 29.4 Å². The van der Waals surface area contributed by atoms with E-state index in [1.165, 1.54) is 11.8 Å². The van der Waals surface area contributed by atoms with Crippen LogP contribution in [0.3, 0.4) is 0 Å². The summed E-state index contributed by atoms with van der Waals surface area (Å²) in [7, 11) is 3.54. The Kier molecular flexibility index (Phi) is 4.22. The molecule has 0 aliphatic carbocycles. The van der Waals surface area contributed by atoms with Crippen molar-refractivity contribution in [2.24, 2.45) is 12.0 Å². The fourth-order valence-electron chi connectivity index (χ4n) is 2.70. The minimum atomic E-state index is -0.159. The minimum Gasteiger partial charge on any atom is -0.494 e. The molecule has 2 aromatic carbocycles. The molecule has 0 bridgehead atoms. The van der Waals surface area contributed by atoms with Crippen LogP contribution in [0.1, 0.15) is 5.56 Å². The van der Waals surface area contributed by atoms with E-state index < -0.39 is 0 Å². The van der Waals surface area contributed by atoms with E-state index in [1.54, 1.807) is 13.4 Å². The van der Waals surface area contributed by atoms with Crippen molar-refractivity contribution in [1.29, 1.82) is 0 Å². The molecule has 1 fully saturated rings. The molecule has 1 aliphatic rings. The molecule has 1 N–H and O–H groups in total. The molecule has 3 aromatic rings. The molecule has 0 unspecified atom stereocenters. The summed E-state index contributed by atoms with van der Waals surface area (Å²) >= 11 is 1.31. The molecule has 1 saturated heterocycles. The van der Waals surface area contributed by atoms with E-state index in [-0.39, 0.29) is 5.91 Å². The molecule has 6 nitrogen and oxygen atoms in total. The summed E-state index contributed by atoms with van der Waals surface area (Å²) in [6.07, 6.45) is 3.63. The van der Waals surface area contributed by atoms with Crippen LogP contribution in [-0.2, 0) is 11.8 Å². The highest BCUT2D eigenvalue weighted by Gasteiger charge is 2.24. The summed E-state index contributed by atoms with van der Waals surface area (Å²) in [5.74, 6) is 0.502. The SMILES string of the molecule is COc1ccccc1N=C1NC(=O)C(=Cc2ccc3ncn(C)c3c2)S1. The number of methoxy groups -OCH3 is 1. The third-order valence-electron chi connectivity index (χ3n) is 4.01. The van der Waals surface area contributed by atoms with E-state index in [0.29, 0.717) is 21.5 Å². The Balaban J connectivity index is 1.63. The van der Waals surface area contributed by atoms with Crippen LogP contribution in [0.5, 0.6) is 5.75 Å². The van der Waals surface area contributed by atoms with E-state index in [4.69, 9.17) is 4.74 Å². The number of imidazole rings is 1. The van der Waals surface area contributed by atoms with Gasteiger partial charge in [-0.3, -0.25) is 4.79 Å². The summed E-state index contributed by atoms with van der Waals surface area (Å²) in [4.78, 5) is 21.7. The second-order valence-corrected chi connectivity index (χ2v) is 6.79. The Bertz CT molecular complexity index is 1070. The third-order valence-corrected chi connectivity index (χ3v) is 4.92. The number of aryl methyl sites for hydroxylation is 1. The van der Waals surface area contributed by atoms with Gasteiger partial charge in [0.1, 0.15) is 11.4 Å². The predicted molar refractivity (Wildman–Crippen MR) is 105 cm³/mol. The highest BCUT2D eigenvalue weighted by molar-refractivity contribution is 8.18. The molecule has 0 saturated carbocycles. The zero-order valence-corrected chi connectivity index (χ0v) is 15.1. The maximum atomic E-state index is 12.3. The maximum absolute atomic E-state index is 12.3. The number of para-hydroxylation sites is 2. The molecule has 26 heavy (non-hydrogen) atoms. The lowest BCUT2D eigenvalue weighted by atomic mass is 10.2. The van der Waals surface area contributed by atoms with Crippen molar-refractivity contribution >= 4 is 45.6 Å². The number of aliphatic imine (C=N–C) groups is 1. The molecule has 2 heterocycles. The van der Waals surface area contributed by atoms with Crippen molar-refractivity contribution in [3.05, 3.63) is 59.3 Å². The number of benzene rings is 2. The van der Waals surface area contributed by atoms with Gasteiger partial charge in [-0.2, -0.15) is 0 Å². The number of fused-ring (bicyclic) bond motifs is 1. The number of carbonyl (C=O) groups excluding carboxylic acids is 1. The number of aromatic nitrogens is 2. The first-order chi connectivity index (χ1) is 12.6. The van der Waals surface area contributed by atoms with Crippen LogP contribution in [0.2, 0.25) is 0 Å². The van der Waals surface area contributed by atoms with Crippen molar-refractivity contribution in [1.82, 2.24) is 14.9 Å². The first-order valence-electron chi connectivity index (χ1n) is 7.98. The van der Waals surface area contributed by atoms with Crippen LogP contribution >= 0.6 is 11.8 Å². The number of thioether (sulfide) groups is 1. The molecule has 1 aromatic heterocycles. The molecule has 7 heteroatoms. The fourth-order valence-corrected chi connectivity index (χ4v) is 3.53. The maximum Gasteiger partial charge on any atom is 0.264 e. The molecular formula is C19H16N4O2S. The van der Waals surface area contributed by atoms with Crippen LogP contribution < -0.4 is 10.1 Å². The second kappa shape index (κ2) is 6.68. The second-order valence-electron chi connectivity index (χ2n) is 5.76. The van der Waals surface area contributed by atoms with Gasteiger partial charge in [0, 0.05) is 7.05 Å². The van der Waals surface area contributed by atoms with E-state index in [2.05, 4.69) is 15.3 Å². The van der Waals surface area contributed by atoms with Crippen molar-refractivity contribution in [2.75, 3.05) is 7.11 Å². The standard InChI is InChI=1S/C19H16N4O2S/c1-23-11-20-13-8-7-12(9-15(13)23)10-17-18(24)22-19(26-17)21-14-5-3-4-6-16(14)25-2/h3-11H,1-2H3,(H,21,22,24). The summed E-state index contributed by atoms with van der Waals surface area (Å²) in [5, 5.41) is 3.33. The number of hydrogen-bond donors (Lipinski definition) is 1. The summed E-state index contributed by atoms with van der Waals surface area (Å²) in [5.41, 5.74) is 3.56. The Hall–Kier alpha value is -3.06. The van der Waals surface area contributed by atoms with Gasteiger partial charge >= 0.3 is 0 Å². The number of amidine groups is 1. The lowest BCUT2D eigenvalue weighted by Crippen LogP contribution is -2.19. The molecule has 1 amide bonds. The predicted octanol–water partition coefficient (Wildman–Crippen LogP) is 3.47. The largest absolute Gasteiger partial charge is 0.494 e. The molecule has 130 valence electrons. The summed E-state index contributed by atoms with van der Waals surface area (Å²) < 4.78 is 7.25. The molecule has 1 aliphatic heterocycles. The first-order valence-corrected chi connectivity index (χ1v) is 8.79. The van der Waals surface area contributed by atoms with Gasteiger partial charge in [0.15, 0.2) is 5.17 Å². The van der Waals surface area contributed by atoms with Crippen molar-refractivity contribution in [2.45, 2.75) is 0 Å². The van der Waals surface area contributed by atoms with Gasteiger partial charge in [-0.05, 0) is 47.7 Å². The zero-order valence-electron chi connectivity index (χ0n) is 14.3. The lowest BCUT2D eigenvalue weighted by molar-refractivity contribution is -0.115. The third kappa shape index (κ3) is 3.09.